The molecule has 7 heteroatoms. The highest BCUT2D eigenvalue weighted by Gasteiger charge is 2.25. The highest BCUT2D eigenvalue weighted by Crippen LogP contribution is 2.38. The van der Waals surface area contributed by atoms with Gasteiger partial charge in [0.05, 0.1) is 25.8 Å². The number of amides is 2. The molecule has 0 saturated carbocycles. The number of hydrogen-bond donors (Lipinski definition) is 2. The van der Waals surface area contributed by atoms with Crippen LogP contribution in [0.5, 0.6) is 11.5 Å². The van der Waals surface area contributed by atoms with Crippen LogP contribution in [0.2, 0.25) is 0 Å². The predicted octanol–water partition coefficient (Wildman–Crippen LogP) is 6.07. The molecule has 0 aliphatic heterocycles. The molecule has 0 saturated heterocycles. The molecule has 1 atom stereocenters. The van der Waals surface area contributed by atoms with E-state index in [2.05, 4.69) is 51.2 Å². The molecule has 0 fully saturated rings. The van der Waals surface area contributed by atoms with Gasteiger partial charge in [-0.3, -0.25) is 0 Å². The Morgan fingerprint density at radius 1 is 0.865 bits per heavy atom. The van der Waals surface area contributed by atoms with E-state index in [1.165, 1.54) is 7.11 Å². The molecule has 37 heavy (non-hydrogen) atoms. The highest BCUT2D eigenvalue weighted by atomic mass is 16.5. The molecule has 0 aliphatic carbocycles. The smallest absolute Gasteiger partial charge is 0.337 e. The molecule has 3 aromatic carbocycles. The van der Waals surface area contributed by atoms with Crippen LogP contribution >= 0.6 is 0 Å². The Labute approximate surface area is 218 Å². The van der Waals surface area contributed by atoms with Crippen molar-refractivity contribution < 1.29 is 23.8 Å². The van der Waals surface area contributed by atoms with E-state index in [9.17, 15) is 9.59 Å². The zero-order chi connectivity index (χ0) is 27.1. The average Bonchev–Trinajstić information content (AvgIpc) is 2.89. The summed E-state index contributed by atoms with van der Waals surface area (Å²) in [5.41, 5.74) is 11.2. The van der Waals surface area contributed by atoms with Crippen LogP contribution in [0.4, 0.5) is 4.79 Å². The van der Waals surface area contributed by atoms with Crippen molar-refractivity contribution in [3.8, 4) is 11.5 Å². The lowest BCUT2D eigenvalue weighted by atomic mass is 9.82. The SMILES string of the molecule is COC(=O)c1ccc(COc2ccc(C(NC(N)=O)c3c(C(C)C)cccc3C(C)C)cc2OC)cc1. The molecule has 196 valence electrons. The number of esters is 1. The number of benzene rings is 3. The Morgan fingerprint density at radius 3 is 2.00 bits per heavy atom. The summed E-state index contributed by atoms with van der Waals surface area (Å²) in [6.07, 6.45) is 0. The summed E-state index contributed by atoms with van der Waals surface area (Å²) in [4.78, 5) is 23.8. The number of rotatable bonds is 10. The molecule has 7 nitrogen and oxygen atoms in total. The number of urea groups is 1. The number of carbonyl (C=O) groups is 2. The average molecular weight is 505 g/mol. The van der Waals surface area contributed by atoms with Crippen LogP contribution in [0.15, 0.2) is 60.7 Å². The number of nitrogens with two attached hydrogens (primary N) is 1. The summed E-state index contributed by atoms with van der Waals surface area (Å²) in [7, 11) is 2.93. The summed E-state index contributed by atoms with van der Waals surface area (Å²) in [5, 5.41) is 2.96. The van der Waals surface area contributed by atoms with E-state index in [1.54, 1.807) is 19.2 Å². The second kappa shape index (κ2) is 12.3. The van der Waals surface area contributed by atoms with Gasteiger partial charge in [0.15, 0.2) is 11.5 Å². The lowest BCUT2D eigenvalue weighted by molar-refractivity contribution is 0.0600. The van der Waals surface area contributed by atoms with E-state index in [1.807, 2.05) is 30.3 Å². The number of carbonyl (C=O) groups excluding carboxylic acids is 2. The Kier molecular flexibility index (Phi) is 9.17. The van der Waals surface area contributed by atoms with Gasteiger partial charge in [0.25, 0.3) is 0 Å². The van der Waals surface area contributed by atoms with Gasteiger partial charge in [0.1, 0.15) is 6.61 Å². The van der Waals surface area contributed by atoms with Crippen LogP contribution in [-0.2, 0) is 11.3 Å². The fourth-order valence-corrected chi connectivity index (χ4v) is 4.41. The van der Waals surface area contributed by atoms with Gasteiger partial charge in [-0.05, 0) is 63.9 Å². The normalized spacial score (nSPS) is 11.8. The van der Waals surface area contributed by atoms with E-state index < -0.39 is 12.1 Å². The van der Waals surface area contributed by atoms with E-state index in [4.69, 9.17) is 19.9 Å². The molecule has 0 heterocycles. The van der Waals surface area contributed by atoms with Crippen LogP contribution in [0.1, 0.15) is 83.7 Å². The van der Waals surface area contributed by atoms with Crippen molar-refractivity contribution in [3.63, 3.8) is 0 Å². The molecular weight excluding hydrogens is 468 g/mol. The predicted molar refractivity (Wildman–Crippen MR) is 144 cm³/mol. The number of hydrogen-bond acceptors (Lipinski definition) is 5. The second-order valence-corrected chi connectivity index (χ2v) is 9.49. The minimum Gasteiger partial charge on any atom is -0.493 e. The summed E-state index contributed by atoms with van der Waals surface area (Å²) in [6, 6.07) is 17.8. The molecule has 0 bridgehead atoms. The van der Waals surface area contributed by atoms with E-state index in [-0.39, 0.29) is 24.4 Å². The molecule has 3 aromatic rings. The third kappa shape index (κ3) is 6.61. The van der Waals surface area contributed by atoms with Crippen molar-refractivity contribution in [1.29, 1.82) is 0 Å². The molecule has 2 amide bonds. The molecule has 0 aromatic heterocycles. The monoisotopic (exact) mass is 504 g/mol. The van der Waals surface area contributed by atoms with Gasteiger partial charge in [-0.15, -0.1) is 0 Å². The van der Waals surface area contributed by atoms with Gasteiger partial charge in [0, 0.05) is 0 Å². The number of nitrogens with one attached hydrogen (secondary N) is 1. The molecular formula is C30H36N2O5. The maximum atomic E-state index is 12.1. The van der Waals surface area contributed by atoms with Crippen molar-refractivity contribution in [3.05, 3.63) is 94.0 Å². The minimum atomic E-state index is -0.604. The number of ether oxygens (including phenoxy) is 3. The van der Waals surface area contributed by atoms with Crippen molar-refractivity contribution in [2.24, 2.45) is 5.73 Å². The van der Waals surface area contributed by atoms with E-state index in [0.29, 0.717) is 17.1 Å². The third-order valence-corrected chi connectivity index (χ3v) is 6.28. The van der Waals surface area contributed by atoms with Gasteiger partial charge in [-0.2, -0.15) is 0 Å². The Morgan fingerprint density at radius 2 is 1.49 bits per heavy atom. The van der Waals surface area contributed by atoms with Crippen molar-refractivity contribution in [1.82, 2.24) is 5.32 Å². The first kappa shape index (κ1) is 27.6. The van der Waals surface area contributed by atoms with Crippen molar-refractivity contribution in [2.75, 3.05) is 14.2 Å². The molecule has 3 rings (SSSR count). The van der Waals surface area contributed by atoms with E-state index >= 15 is 0 Å². The molecule has 3 N–H and O–H groups in total. The first-order valence-corrected chi connectivity index (χ1v) is 12.3. The molecule has 1 unspecified atom stereocenters. The maximum Gasteiger partial charge on any atom is 0.337 e. The van der Waals surface area contributed by atoms with Crippen LogP contribution < -0.4 is 20.5 Å². The lowest BCUT2D eigenvalue weighted by Gasteiger charge is -2.28. The Balaban J connectivity index is 1.96. The summed E-state index contributed by atoms with van der Waals surface area (Å²) in [6.45, 7) is 8.84. The van der Waals surface area contributed by atoms with Gasteiger partial charge in [0.2, 0.25) is 0 Å². The largest absolute Gasteiger partial charge is 0.493 e. The van der Waals surface area contributed by atoms with Crippen LogP contribution in [0, 0.1) is 0 Å². The third-order valence-electron chi connectivity index (χ3n) is 6.28. The topological polar surface area (TPSA) is 99.9 Å². The first-order valence-electron chi connectivity index (χ1n) is 12.3. The molecule has 0 radical (unpaired) electrons. The van der Waals surface area contributed by atoms with Gasteiger partial charge in [-0.25, -0.2) is 9.59 Å². The second-order valence-electron chi connectivity index (χ2n) is 9.49. The van der Waals surface area contributed by atoms with E-state index in [0.717, 1.165) is 27.8 Å². The lowest BCUT2D eigenvalue weighted by Crippen LogP contribution is -2.35. The first-order chi connectivity index (χ1) is 17.7. The minimum absolute atomic E-state index is 0.251. The molecule has 0 spiro atoms. The quantitative estimate of drug-likeness (QED) is 0.327. The van der Waals surface area contributed by atoms with Crippen molar-refractivity contribution in [2.45, 2.75) is 52.2 Å². The Bertz CT molecular complexity index is 1210. The highest BCUT2D eigenvalue weighted by molar-refractivity contribution is 5.89. The molecule has 0 aliphatic rings. The zero-order valence-electron chi connectivity index (χ0n) is 22.3. The van der Waals surface area contributed by atoms with Crippen LogP contribution in [0.25, 0.3) is 0 Å². The van der Waals surface area contributed by atoms with Crippen LogP contribution in [0.3, 0.4) is 0 Å². The summed E-state index contributed by atoms with van der Waals surface area (Å²) < 4.78 is 16.4. The van der Waals surface area contributed by atoms with Crippen molar-refractivity contribution >= 4 is 12.0 Å². The standard InChI is InChI=1S/C30H36N2O5/c1-18(2)23-8-7-9-24(19(3)4)27(23)28(32-30(31)34)22-14-15-25(26(16-22)35-5)37-17-20-10-12-21(13-11-20)29(33)36-6/h7-16,18-19,28H,17H2,1-6H3,(H3,31,32,34). The fraction of sp³-hybridized carbons (Fsp3) is 0.333. The van der Waals surface area contributed by atoms with Crippen LogP contribution in [-0.4, -0.2) is 26.2 Å². The van der Waals surface area contributed by atoms with Gasteiger partial charge >= 0.3 is 12.0 Å². The summed E-state index contributed by atoms with van der Waals surface area (Å²) in [5.74, 6) is 1.21. The summed E-state index contributed by atoms with van der Waals surface area (Å²) >= 11 is 0. The Hall–Kier alpha value is -4.00. The van der Waals surface area contributed by atoms with Gasteiger partial charge < -0.3 is 25.3 Å². The number of methoxy groups -OCH3 is 2. The zero-order valence-corrected chi connectivity index (χ0v) is 22.3. The maximum absolute atomic E-state index is 12.1. The van der Waals surface area contributed by atoms with Gasteiger partial charge in [-0.1, -0.05) is 64.1 Å². The number of primary amides is 1. The fourth-order valence-electron chi connectivity index (χ4n) is 4.41.